The van der Waals surface area contributed by atoms with Gasteiger partial charge in [0, 0.05) is 19.6 Å². The van der Waals surface area contributed by atoms with Crippen LogP contribution in [0, 0.1) is 0 Å². The second kappa shape index (κ2) is 8.10. The number of methoxy groups -OCH3 is 1. The number of hydrogen-bond acceptors (Lipinski definition) is 3. The maximum Gasteiger partial charge on any atom is 0.416 e. The van der Waals surface area contributed by atoms with E-state index in [0.717, 1.165) is 49.5 Å². The molecule has 1 unspecified atom stereocenters. The fraction of sp³-hybridized carbons (Fsp3) is 0.400. The van der Waals surface area contributed by atoms with Crippen molar-refractivity contribution in [2.24, 2.45) is 0 Å². The van der Waals surface area contributed by atoms with E-state index in [-0.39, 0.29) is 6.04 Å². The van der Waals surface area contributed by atoms with Crippen molar-refractivity contribution in [1.82, 2.24) is 10.2 Å². The molecule has 0 aliphatic carbocycles. The summed E-state index contributed by atoms with van der Waals surface area (Å²) in [6.45, 7) is 3.54. The van der Waals surface area contributed by atoms with Crippen molar-refractivity contribution in [1.29, 1.82) is 0 Å². The van der Waals surface area contributed by atoms with E-state index in [9.17, 15) is 13.2 Å². The fourth-order valence-electron chi connectivity index (χ4n) is 3.40. The van der Waals surface area contributed by atoms with Crippen LogP contribution >= 0.6 is 0 Å². The van der Waals surface area contributed by atoms with Gasteiger partial charge in [-0.25, -0.2) is 0 Å². The van der Waals surface area contributed by atoms with Gasteiger partial charge < -0.3 is 10.1 Å². The number of nitrogens with one attached hydrogen (secondary N) is 1. The highest BCUT2D eigenvalue weighted by Crippen LogP contribution is 2.34. The Morgan fingerprint density at radius 3 is 2.46 bits per heavy atom. The maximum atomic E-state index is 12.9. The van der Waals surface area contributed by atoms with Gasteiger partial charge in [-0.15, -0.1) is 0 Å². The molecule has 2 aromatic carbocycles. The van der Waals surface area contributed by atoms with E-state index in [0.29, 0.717) is 0 Å². The molecule has 1 fully saturated rings. The largest absolute Gasteiger partial charge is 0.497 e. The number of rotatable bonds is 4. The molecule has 1 N–H and O–H groups in total. The summed E-state index contributed by atoms with van der Waals surface area (Å²) in [5.74, 6) is 0.743. The van der Waals surface area contributed by atoms with Crippen molar-refractivity contribution in [3.63, 3.8) is 0 Å². The second-order valence-corrected chi connectivity index (χ2v) is 6.44. The summed E-state index contributed by atoms with van der Waals surface area (Å²) in [6, 6.07) is 13.2. The molecule has 1 atom stereocenters. The number of hydrogen-bond donors (Lipinski definition) is 1. The summed E-state index contributed by atoms with van der Waals surface area (Å²) in [5.41, 5.74) is 1.25. The summed E-state index contributed by atoms with van der Waals surface area (Å²) in [5, 5.41) is 3.37. The van der Waals surface area contributed by atoms with Crippen molar-refractivity contribution in [2.75, 3.05) is 33.3 Å². The van der Waals surface area contributed by atoms with Gasteiger partial charge in [0.05, 0.1) is 18.7 Å². The summed E-state index contributed by atoms with van der Waals surface area (Å²) in [7, 11) is 1.61. The lowest BCUT2D eigenvalue weighted by Gasteiger charge is -2.31. The van der Waals surface area contributed by atoms with E-state index < -0.39 is 11.7 Å². The van der Waals surface area contributed by atoms with E-state index in [1.54, 1.807) is 19.2 Å². The molecule has 2 aromatic rings. The average Bonchev–Trinajstić information content (AvgIpc) is 2.91. The van der Waals surface area contributed by atoms with Crippen LogP contribution < -0.4 is 10.1 Å². The molecule has 140 valence electrons. The number of ether oxygens (including phenoxy) is 1. The van der Waals surface area contributed by atoms with Crippen LogP contribution in [0.5, 0.6) is 5.75 Å². The number of nitrogens with zero attached hydrogens (tertiary/aromatic N) is 1. The first-order chi connectivity index (χ1) is 12.5. The van der Waals surface area contributed by atoms with E-state index in [1.165, 1.54) is 12.1 Å². The topological polar surface area (TPSA) is 24.5 Å². The Kier molecular flexibility index (Phi) is 5.84. The van der Waals surface area contributed by atoms with Gasteiger partial charge in [0.1, 0.15) is 5.75 Å². The standard InChI is InChI=1S/C20H23F3N2O/c1-26-18-5-2-4-16(14-18)19(25-12-3-10-24-11-13-25)15-6-8-17(9-7-15)20(21,22)23/h2,4-9,14,19,24H,3,10-13H2,1H3. The van der Waals surface area contributed by atoms with Crippen LogP contribution in [0.3, 0.4) is 0 Å². The van der Waals surface area contributed by atoms with Crippen LogP contribution in [0.25, 0.3) is 0 Å². The number of halogens is 3. The zero-order chi connectivity index (χ0) is 18.6. The lowest BCUT2D eigenvalue weighted by molar-refractivity contribution is -0.137. The van der Waals surface area contributed by atoms with Crippen LogP contribution in [0.4, 0.5) is 13.2 Å². The highest BCUT2D eigenvalue weighted by molar-refractivity contribution is 5.38. The molecule has 6 heteroatoms. The summed E-state index contributed by atoms with van der Waals surface area (Å²) in [4.78, 5) is 2.32. The van der Waals surface area contributed by atoms with Crippen molar-refractivity contribution in [2.45, 2.75) is 18.6 Å². The Labute approximate surface area is 151 Å². The third kappa shape index (κ3) is 4.37. The fourth-order valence-corrected chi connectivity index (χ4v) is 3.40. The third-order valence-corrected chi connectivity index (χ3v) is 4.70. The zero-order valence-corrected chi connectivity index (χ0v) is 14.7. The zero-order valence-electron chi connectivity index (χ0n) is 14.7. The van der Waals surface area contributed by atoms with Crippen LogP contribution in [-0.2, 0) is 6.18 Å². The van der Waals surface area contributed by atoms with Gasteiger partial charge in [-0.3, -0.25) is 4.90 Å². The lowest BCUT2D eigenvalue weighted by atomic mass is 9.95. The normalized spacial score (nSPS) is 17.5. The van der Waals surface area contributed by atoms with Gasteiger partial charge in [-0.2, -0.15) is 13.2 Å². The van der Waals surface area contributed by atoms with Crippen molar-refractivity contribution >= 4 is 0 Å². The van der Waals surface area contributed by atoms with E-state index in [2.05, 4.69) is 10.2 Å². The van der Waals surface area contributed by atoms with Crippen LogP contribution in [0.1, 0.15) is 29.2 Å². The Balaban J connectivity index is 1.99. The predicted octanol–water partition coefficient (Wildman–Crippen LogP) is 4.10. The first-order valence-corrected chi connectivity index (χ1v) is 8.75. The number of benzene rings is 2. The first-order valence-electron chi connectivity index (χ1n) is 8.75. The summed E-state index contributed by atoms with van der Waals surface area (Å²) >= 11 is 0. The van der Waals surface area contributed by atoms with Gasteiger partial charge in [0.15, 0.2) is 0 Å². The van der Waals surface area contributed by atoms with Gasteiger partial charge in [-0.05, 0) is 48.4 Å². The summed E-state index contributed by atoms with van der Waals surface area (Å²) in [6.07, 6.45) is -3.32. The Morgan fingerprint density at radius 1 is 1.00 bits per heavy atom. The number of alkyl halides is 3. The minimum absolute atomic E-state index is 0.104. The second-order valence-electron chi connectivity index (χ2n) is 6.44. The molecule has 0 saturated carbocycles. The maximum absolute atomic E-state index is 12.9. The molecule has 1 saturated heterocycles. The highest BCUT2D eigenvalue weighted by Gasteiger charge is 2.31. The molecular formula is C20H23F3N2O. The Hall–Kier alpha value is -2.05. The molecule has 1 aliphatic heterocycles. The summed E-state index contributed by atoms with van der Waals surface area (Å²) < 4.78 is 44.1. The third-order valence-electron chi connectivity index (χ3n) is 4.70. The molecule has 3 rings (SSSR count). The molecular weight excluding hydrogens is 341 g/mol. The SMILES string of the molecule is COc1cccc(C(c2ccc(C(F)(F)F)cc2)N2CCCNCC2)c1. The van der Waals surface area contributed by atoms with E-state index in [1.807, 2.05) is 24.3 Å². The lowest BCUT2D eigenvalue weighted by Crippen LogP contribution is -2.33. The molecule has 26 heavy (non-hydrogen) atoms. The smallest absolute Gasteiger partial charge is 0.416 e. The average molecular weight is 364 g/mol. The van der Waals surface area contributed by atoms with Crippen molar-refractivity contribution in [3.8, 4) is 5.75 Å². The van der Waals surface area contributed by atoms with Gasteiger partial charge >= 0.3 is 6.18 Å². The minimum atomic E-state index is -4.32. The molecule has 1 aliphatic rings. The Bertz CT molecular complexity index is 708. The first kappa shape index (κ1) is 18.7. The molecule has 0 aromatic heterocycles. The molecule has 0 bridgehead atoms. The van der Waals surface area contributed by atoms with E-state index in [4.69, 9.17) is 4.74 Å². The molecule has 0 amide bonds. The molecule has 3 nitrogen and oxygen atoms in total. The van der Waals surface area contributed by atoms with Gasteiger partial charge in [-0.1, -0.05) is 24.3 Å². The minimum Gasteiger partial charge on any atom is -0.497 e. The van der Waals surface area contributed by atoms with Crippen molar-refractivity contribution < 1.29 is 17.9 Å². The predicted molar refractivity (Wildman–Crippen MR) is 95.3 cm³/mol. The quantitative estimate of drug-likeness (QED) is 0.884. The van der Waals surface area contributed by atoms with Gasteiger partial charge in [0.25, 0.3) is 0 Å². The highest BCUT2D eigenvalue weighted by atomic mass is 19.4. The van der Waals surface area contributed by atoms with Gasteiger partial charge in [0.2, 0.25) is 0 Å². The van der Waals surface area contributed by atoms with Crippen LogP contribution in [0.15, 0.2) is 48.5 Å². The molecule has 0 radical (unpaired) electrons. The Morgan fingerprint density at radius 2 is 1.77 bits per heavy atom. The van der Waals surface area contributed by atoms with Crippen LogP contribution in [0.2, 0.25) is 0 Å². The van der Waals surface area contributed by atoms with E-state index >= 15 is 0 Å². The molecule has 0 spiro atoms. The van der Waals surface area contributed by atoms with Crippen molar-refractivity contribution in [3.05, 3.63) is 65.2 Å². The molecule has 1 heterocycles. The monoisotopic (exact) mass is 364 g/mol. The van der Waals surface area contributed by atoms with Crippen LogP contribution in [-0.4, -0.2) is 38.2 Å².